The van der Waals surface area contributed by atoms with Crippen molar-refractivity contribution >= 4 is 34.8 Å². The van der Waals surface area contributed by atoms with E-state index in [0.717, 1.165) is 29.7 Å². The molecule has 1 aliphatic heterocycles. The average molecular weight is 838 g/mol. The number of hydrogen-bond acceptors (Lipinski definition) is 9. The lowest BCUT2D eigenvalue weighted by Crippen LogP contribution is -2.29. The molecule has 326 valence electrons. The lowest BCUT2D eigenvalue weighted by molar-refractivity contribution is 0.0877. The minimum atomic E-state index is -0.212. The molecule has 5 aromatic rings. The van der Waals surface area contributed by atoms with Crippen LogP contribution >= 0.6 is 0 Å². The molecule has 0 saturated heterocycles. The van der Waals surface area contributed by atoms with Crippen molar-refractivity contribution in [2.45, 2.75) is 87.5 Å². The summed E-state index contributed by atoms with van der Waals surface area (Å²) in [6.07, 6.45) is 3.74. The van der Waals surface area contributed by atoms with Gasteiger partial charge in [-0.05, 0) is 123 Å². The topological polar surface area (TPSA) is 107 Å². The highest BCUT2D eigenvalue weighted by atomic mass is 16.5. The first-order valence-electron chi connectivity index (χ1n) is 21.8. The van der Waals surface area contributed by atoms with Gasteiger partial charge in [0.2, 0.25) is 0 Å². The molecule has 1 heterocycles. The second kappa shape index (κ2) is 20.6. The van der Waals surface area contributed by atoms with E-state index in [1.54, 1.807) is 33.3 Å². The Kier molecular flexibility index (Phi) is 15.1. The van der Waals surface area contributed by atoms with Gasteiger partial charge in [-0.1, -0.05) is 69.3 Å². The number of carbonyl (C=O) groups is 2. The Labute approximate surface area is 368 Å². The lowest BCUT2D eigenvalue weighted by Gasteiger charge is -2.28. The summed E-state index contributed by atoms with van der Waals surface area (Å²) in [5, 5.41) is 7.06. The molecule has 9 heteroatoms. The van der Waals surface area contributed by atoms with Crippen LogP contribution in [0.5, 0.6) is 23.0 Å². The number of nitrogens with zero attached hydrogens (tertiary/aromatic N) is 1. The fourth-order valence-electron chi connectivity index (χ4n) is 8.13. The number of nitrogens with one attached hydrogen (secondary N) is 2. The molecule has 6 rings (SSSR count). The van der Waals surface area contributed by atoms with E-state index >= 15 is 0 Å². The van der Waals surface area contributed by atoms with Gasteiger partial charge < -0.3 is 29.6 Å². The number of aryl methyl sites for hydroxylation is 2. The van der Waals surface area contributed by atoms with Crippen LogP contribution in [-0.2, 0) is 26.1 Å². The number of aliphatic imine (C=N–C) groups is 1. The van der Waals surface area contributed by atoms with Crippen molar-refractivity contribution in [3.05, 3.63) is 136 Å². The Morgan fingerprint density at radius 1 is 0.758 bits per heavy atom. The average Bonchev–Trinajstić information content (AvgIpc) is 3.25. The summed E-state index contributed by atoms with van der Waals surface area (Å²) in [4.78, 5) is 31.7. The van der Waals surface area contributed by atoms with Gasteiger partial charge in [-0.25, -0.2) is 0 Å². The van der Waals surface area contributed by atoms with Crippen LogP contribution in [0.1, 0.15) is 95.6 Å². The molecular weight excluding hydrogens is 775 g/mol. The number of fused-ring (bicyclic) bond motifs is 1. The Hall–Kier alpha value is -6.09. The SMILES string of the molecule is COc1cc2c(cc1OCc1cc(COc3cc(NC[C@@H](C)Cc4ccccc4C)c(C(C)=O)cc3OC)cc(NC(C)C)c1)N=C[C@H](Cc1ccccc1C)C(C)C(C)C2=O. The number of anilines is 2. The standard InChI is InChI=1S/C53H63N3O6/c1-32(2)56-44-21-39(30-61-51-26-47(45(38(8)57)24-49(51)59-9)54-28-33(3)19-41-17-13-11-15-34(41)4)20-40(22-44)31-62-52-27-48-46(25-50(52)60-10)53(58)37(7)36(6)43(29-55-48)23-42-18-14-12-16-35(42)5/h11-18,20-22,24-27,29,32-33,36-37,43,54,56H,19,23,28,30-31H2,1-10H3/t33-,36?,37?,43-/m0/s1. The third kappa shape index (κ3) is 11.2. The molecule has 62 heavy (non-hydrogen) atoms. The van der Waals surface area contributed by atoms with Gasteiger partial charge >= 0.3 is 0 Å². The molecule has 9 nitrogen and oxygen atoms in total. The minimum Gasteiger partial charge on any atom is -0.493 e. The zero-order chi connectivity index (χ0) is 44.5. The Bertz CT molecular complexity index is 2400. The molecular formula is C53H63N3O6. The lowest BCUT2D eigenvalue weighted by atomic mass is 9.76. The van der Waals surface area contributed by atoms with Gasteiger partial charge in [0.15, 0.2) is 34.6 Å². The molecule has 0 spiro atoms. The first-order chi connectivity index (χ1) is 29.7. The van der Waals surface area contributed by atoms with Crippen molar-refractivity contribution in [3.63, 3.8) is 0 Å². The van der Waals surface area contributed by atoms with Crippen LogP contribution in [0.3, 0.4) is 0 Å². The molecule has 4 atom stereocenters. The van der Waals surface area contributed by atoms with Gasteiger partial charge in [0.05, 0.1) is 19.9 Å². The molecule has 0 bridgehead atoms. The number of ether oxygens (including phenoxy) is 4. The summed E-state index contributed by atoms with van der Waals surface area (Å²) in [5.74, 6) is 2.24. The number of Topliss-reactive ketones (excluding diaryl/α,β-unsaturated/α-hetero) is 2. The molecule has 5 aromatic carbocycles. The van der Waals surface area contributed by atoms with Crippen molar-refractivity contribution in [2.75, 3.05) is 31.4 Å². The third-order valence-corrected chi connectivity index (χ3v) is 12.0. The molecule has 0 amide bonds. The first-order valence-corrected chi connectivity index (χ1v) is 21.8. The second-order valence-electron chi connectivity index (χ2n) is 17.2. The predicted molar refractivity (Wildman–Crippen MR) is 252 cm³/mol. The molecule has 0 fully saturated rings. The second-order valence-corrected chi connectivity index (χ2v) is 17.2. The van der Waals surface area contributed by atoms with Crippen LogP contribution in [-0.4, -0.2) is 44.6 Å². The normalized spacial score (nSPS) is 16.5. The fraction of sp³-hybridized carbons (Fsp3) is 0.377. The zero-order valence-electron chi connectivity index (χ0n) is 38.1. The molecule has 1 aliphatic rings. The van der Waals surface area contributed by atoms with Crippen LogP contribution in [0.15, 0.2) is 96.0 Å². The van der Waals surface area contributed by atoms with Crippen molar-refractivity contribution in [2.24, 2.45) is 28.7 Å². The maximum absolute atomic E-state index is 14.0. The van der Waals surface area contributed by atoms with Gasteiger partial charge in [0.1, 0.15) is 13.2 Å². The highest BCUT2D eigenvalue weighted by molar-refractivity contribution is 6.04. The van der Waals surface area contributed by atoms with Crippen LogP contribution < -0.4 is 29.6 Å². The van der Waals surface area contributed by atoms with Crippen LogP contribution in [0.2, 0.25) is 0 Å². The quantitative estimate of drug-likeness (QED) is 0.0840. The van der Waals surface area contributed by atoms with Gasteiger partial charge in [-0.3, -0.25) is 14.6 Å². The molecule has 0 aromatic heterocycles. The summed E-state index contributed by atoms with van der Waals surface area (Å²) in [6, 6.07) is 30.4. The highest BCUT2D eigenvalue weighted by Crippen LogP contribution is 2.40. The van der Waals surface area contributed by atoms with Crippen LogP contribution in [0.4, 0.5) is 17.1 Å². The van der Waals surface area contributed by atoms with Crippen molar-refractivity contribution < 1.29 is 28.5 Å². The van der Waals surface area contributed by atoms with Crippen LogP contribution in [0.25, 0.3) is 0 Å². The van der Waals surface area contributed by atoms with Crippen molar-refractivity contribution in [1.29, 1.82) is 0 Å². The van der Waals surface area contributed by atoms with Gasteiger partial charge in [-0.15, -0.1) is 0 Å². The summed E-state index contributed by atoms with van der Waals surface area (Å²) in [6.45, 7) is 17.5. The summed E-state index contributed by atoms with van der Waals surface area (Å²) in [5.41, 5.74) is 10.2. The maximum atomic E-state index is 14.0. The smallest absolute Gasteiger partial charge is 0.168 e. The number of benzene rings is 5. The highest BCUT2D eigenvalue weighted by Gasteiger charge is 2.32. The number of carbonyl (C=O) groups excluding carboxylic acids is 2. The number of hydrogen-bond donors (Lipinski definition) is 2. The van der Waals surface area contributed by atoms with Crippen LogP contribution in [0, 0.1) is 37.5 Å². The third-order valence-electron chi connectivity index (χ3n) is 12.0. The van der Waals surface area contributed by atoms with E-state index in [4.69, 9.17) is 23.9 Å². The largest absolute Gasteiger partial charge is 0.493 e. The van der Waals surface area contributed by atoms with E-state index < -0.39 is 0 Å². The predicted octanol–water partition coefficient (Wildman–Crippen LogP) is 11.8. The molecule has 0 saturated carbocycles. The maximum Gasteiger partial charge on any atom is 0.168 e. The van der Waals surface area contributed by atoms with E-state index in [1.165, 1.54) is 22.3 Å². The minimum absolute atomic E-state index is 0.0456. The fourth-order valence-corrected chi connectivity index (χ4v) is 8.13. The van der Waals surface area contributed by atoms with Crippen molar-refractivity contribution in [1.82, 2.24) is 0 Å². The number of methoxy groups -OCH3 is 2. The van der Waals surface area contributed by atoms with Gasteiger partial charge in [-0.2, -0.15) is 0 Å². The Morgan fingerprint density at radius 2 is 1.35 bits per heavy atom. The Morgan fingerprint density at radius 3 is 1.95 bits per heavy atom. The first kappa shape index (κ1) is 45.4. The van der Waals surface area contributed by atoms with Gasteiger partial charge in [0.25, 0.3) is 0 Å². The molecule has 2 N–H and O–H groups in total. The Balaban J connectivity index is 1.22. The van der Waals surface area contributed by atoms with Crippen molar-refractivity contribution in [3.8, 4) is 23.0 Å². The number of rotatable bonds is 18. The van der Waals surface area contributed by atoms with E-state index in [-0.39, 0.29) is 48.6 Å². The van der Waals surface area contributed by atoms with E-state index in [1.807, 2.05) is 25.3 Å². The van der Waals surface area contributed by atoms with E-state index in [2.05, 4.69) is 119 Å². The van der Waals surface area contributed by atoms with E-state index in [9.17, 15) is 9.59 Å². The molecule has 0 radical (unpaired) electrons. The summed E-state index contributed by atoms with van der Waals surface area (Å²) < 4.78 is 24.5. The zero-order valence-corrected chi connectivity index (χ0v) is 38.1. The number of ketones is 2. The summed E-state index contributed by atoms with van der Waals surface area (Å²) >= 11 is 0. The summed E-state index contributed by atoms with van der Waals surface area (Å²) in [7, 11) is 3.17. The van der Waals surface area contributed by atoms with E-state index in [0.29, 0.717) is 58.0 Å². The molecule has 0 aliphatic carbocycles. The molecule has 2 unspecified atom stereocenters. The van der Waals surface area contributed by atoms with Gasteiger partial charge in [0, 0.05) is 65.3 Å². The monoisotopic (exact) mass is 837 g/mol.